The lowest BCUT2D eigenvalue weighted by atomic mass is 10.1. The molecule has 0 bridgehead atoms. The lowest BCUT2D eigenvalue weighted by Gasteiger charge is -2.20. The fraction of sp³-hybridized carbons (Fsp3) is 0.533. The molecule has 2 atom stereocenters. The minimum Gasteiger partial charge on any atom is -0.384 e. The molecule has 2 aliphatic heterocycles. The van der Waals surface area contributed by atoms with E-state index >= 15 is 0 Å². The summed E-state index contributed by atoms with van der Waals surface area (Å²) in [7, 11) is 0. The molecular formula is C15H18N2O2S. The van der Waals surface area contributed by atoms with Crippen LogP contribution < -0.4 is 5.32 Å². The first-order valence-corrected chi connectivity index (χ1v) is 7.84. The molecule has 5 heteroatoms. The third kappa shape index (κ3) is 2.73. The maximum atomic E-state index is 12.3. The van der Waals surface area contributed by atoms with Gasteiger partial charge < -0.3 is 10.4 Å². The van der Waals surface area contributed by atoms with Gasteiger partial charge in [-0.1, -0.05) is 11.8 Å². The van der Waals surface area contributed by atoms with Crippen molar-refractivity contribution in [2.24, 2.45) is 0 Å². The van der Waals surface area contributed by atoms with Gasteiger partial charge in [-0.15, -0.1) is 11.3 Å². The molecule has 1 aromatic heterocycles. The number of aliphatic hydroxyl groups is 1. The Bertz CT molecular complexity index is 558. The van der Waals surface area contributed by atoms with Gasteiger partial charge in [0.05, 0.1) is 9.75 Å². The molecule has 1 amide bonds. The number of nitrogens with one attached hydrogen (secondary N) is 1. The number of carbonyl (C=O) groups is 1. The summed E-state index contributed by atoms with van der Waals surface area (Å²) in [6.45, 7) is 2.13. The predicted octanol–water partition coefficient (Wildman–Crippen LogP) is 1.06. The molecule has 2 aliphatic rings. The van der Waals surface area contributed by atoms with Crippen molar-refractivity contribution in [2.45, 2.75) is 31.3 Å². The number of rotatable bonds is 2. The van der Waals surface area contributed by atoms with Gasteiger partial charge in [-0.2, -0.15) is 0 Å². The molecule has 2 unspecified atom stereocenters. The second-order valence-electron chi connectivity index (χ2n) is 5.24. The molecule has 1 aromatic rings. The summed E-state index contributed by atoms with van der Waals surface area (Å²) < 4.78 is 0. The summed E-state index contributed by atoms with van der Waals surface area (Å²) in [4.78, 5) is 16.3. The van der Waals surface area contributed by atoms with Crippen molar-refractivity contribution < 1.29 is 9.90 Å². The first-order chi connectivity index (χ1) is 9.78. The van der Waals surface area contributed by atoms with E-state index in [4.69, 9.17) is 5.11 Å². The first kappa shape index (κ1) is 13.6. The monoisotopic (exact) mass is 290 g/mol. The molecule has 0 aromatic carbocycles. The molecule has 20 heavy (non-hydrogen) atoms. The Hall–Kier alpha value is -1.35. The minimum atomic E-state index is -0.154. The maximum Gasteiger partial charge on any atom is 0.261 e. The molecule has 0 spiro atoms. The number of carbonyl (C=O) groups excluding carboxylic acids is 1. The molecule has 0 aliphatic carbocycles. The zero-order valence-corrected chi connectivity index (χ0v) is 12.1. The average molecular weight is 290 g/mol. The fourth-order valence-electron chi connectivity index (χ4n) is 3.14. The van der Waals surface area contributed by atoms with E-state index in [2.05, 4.69) is 22.1 Å². The van der Waals surface area contributed by atoms with Crippen LogP contribution in [0.25, 0.3) is 0 Å². The van der Waals surface area contributed by atoms with Gasteiger partial charge in [0.2, 0.25) is 0 Å². The van der Waals surface area contributed by atoms with Crippen molar-refractivity contribution in [3.05, 3.63) is 21.9 Å². The highest BCUT2D eigenvalue weighted by Crippen LogP contribution is 2.28. The summed E-state index contributed by atoms with van der Waals surface area (Å²) in [6.07, 6.45) is 3.50. The topological polar surface area (TPSA) is 52.6 Å². The number of hydrogen-bond donors (Lipinski definition) is 2. The van der Waals surface area contributed by atoms with Crippen molar-refractivity contribution in [3.8, 4) is 11.8 Å². The van der Waals surface area contributed by atoms with Gasteiger partial charge in [0.25, 0.3) is 5.91 Å². The summed E-state index contributed by atoms with van der Waals surface area (Å²) >= 11 is 1.38. The van der Waals surface area contributed by atoms with E-state index in [1.54, 1.807) is 0 Å². The van der Waals surface area contributed by atoms with Crippen LogP contribution in [0.5, 0.6) is 0 Å². The molecule has 3 heterocycles. The maximum absolute atomic E-state index is 12.3. The van der Waals surface area contributed by atoms with Crippen molar-refractivity contribution in [1.29, 1.82) is 0 Å². The number of fused-ring (bicyclic) bond motifs is 1. The average Bonchev–Trinajstić information content (AvgIpc) is 3.14. The van der Waals surface area contributed by atoms with E-state index < -0.39 is 0 Å². The predicted molar refractivity (Wildman–Crippen MR) is 78.7 cm³/mol. The summed E-state index contributed by atoms with van der Waals surface area (Å²) in [5.74, 6) is 5.43. The highest BCUT2D eigenvalue weighted by molar-refractivity contribution is 7.14. The number of aliphatic hydroxyl groups excluding tert-OH is 1. The van der Waals surface area contributed by atoms with E-state index in [0.717, 1.165) is 17.8 Å². The standard InChI is InChI=1S/C15H18N2O2S/c18-10-2-3-11-5-6-14(20-11)15(19)16-12-7-9-17-8-1-4-13(12)17/h5-6,12-13,18H,1,4,7-10H2,(H,16,19). The lowest BCUT2D eigenvalue weighted by molar-refractivity contribution is 0.0933. The minimum absolute atomic E-state index is 0.00537. The Morgan fingerprint density at radius 3 is 3.20 bits per heavy atom. The van der Waals surface area contributed by atoms with Crippen molar-refractivity contribution in [1.82, 2.24) is 10.2 Å². The molecule has 4 nitrogen and oxygen atoms in total. The van der Waals surface area contributed by atoms with Gasteiger partial charge in [-0.3, -0.25) is 9.69 Å². The van der Waals surface area contributed by atoms with Crippen molar-refractivity contribution in [2.75, 3.05) is 19.7 Å². The van der Waals surface area contributed by atoms with Crippen LogP contribution in [0.2, 0.25) is 0 Å². The normalized spacial score (nSPS) is 25.1. The van der Waals surface area contributed by atoms with E-state index in [0.29, 0.717) is 17.0 Å². The van der Waals surface area contributed by atoms with E-state index in [1.807, 2.05) is 12.1 Å². The number of thiophene rings is 1. The second kappa shape index (κ2) is 5.96. The fourth-order valence-corrected chi connectivity index (χ4v) is 3.93. The van der Waals surface area contributed by atoms with Gasteiger partial charge in [0, 0.05) is 18.6 Å². The summed E-state index contributed by atoms with van der Waals surface area (Å²) in [5, 5.41) is 11.8. The van der Waals surface area contributed by atoms with Crippen LogP contribution in [0.4, 0.5) is 0 Å². The first-order valence-electron chi connectivity index (χ1n) is 7.02. The largest absolute Gasteiger partial charge is 0.384 e. The molecule has 106 valence electrons. The van der Waals surface area contributed by atoms with Gasteiger partial charge in [-0.05, 0) is 37.9 Å². The number of amides is 1. The van der Waals surface area contributed by atoms with E-state index in [9.17, 15) is 4.79 Å². The number of nitrogens with zero attached hydrogens (tertiary/aromatic N) is 1. The molecule has 2 saturated heterocycles. The van der Waals surface area contributed by atoms with Gasteiger partial charge in [-0.25, -0.2) is 0 Å². The smallest absolute Gasteiger partial charge is 0.261 e. The zero-order chi connectivity index (χ0) is 13.9. The third-order valence-corrected chi connectivity index (χ3v) is 5.04. The highest BCUT2D eigenvalue weighted by Gasteiger charge is 2.37. The van der Waals surface area contributed by atoms with Crippen LogP contribution in [-0.2, 0) is 0 Å². The van der Waals surface area contributed by atoms with Gasteiger partial charge in [0.1, 0.15) is 6.61 Å². The molecule has 0 saturated carbocycles. The Labute approximate surface area is 122 Å². The van der Waals surface area contributed by atoms with Crippen LogP contribution in [0.1, 0.15) is 33.8 Å². The molecular weight excluding hydrogens is 272 g/mol. The molecule has 2 N–H and O–H groups in total. The summed E-state index contributed by atoms with van der Waals surface area (Å²) in [5.41, 5.74) is 0. The van der Waals surface area contributed by atoms with Crippen LogP contribution >= 0.6 is 11.3 Å². The van der Waals surface area contributed by atoms with Crippen LogP contribution in [-0.4, -0.2) is 47.7 Å². The Balaban J connectivity index is 1.63. The van der Waals surface area contributed by atoms with E-state index in [1.165, 1.54) is 30.7 Å². The van der Waals surface area contributed by atoms with E-state index in [-0.39, 0.29) is 12.5 Å². The Morgan fingerprint density at radius 2 is 2.35 bits per heavy atom. The van der Waals surface area contributed by atoms with Crippen LogP contribution in [0.3, 0.4) is 0 Å². The molecule has 3 rings (SSSR count). The number of hydrogen-bond acceptors (Lipinski definition) is 4. The Morgan fingerprint density at radius 1 is 1.45 bits per heavy atom. The SMILES string of the molecule is O=C(NC1CCN2CCCC12)c1ccc(C#CCO)s1. The molecule has 2 fully saturated rings. The Kier molecular flexibility index (Phi) is 4.06. The van der Waals surface area contributed by atoms with Gasteiger partial charge in [0.15, 0.2) is 0 Å². The van der Waals surface area contributed by atoms with Gasteiger partial charge >= 0.3 is 0 Å². The lowest BCUT2D eigenvalue weighted by Crippen LogP contribution is -2.42. The zero-order valence-electron chi connectivity index (χ0n) is 11.3. The van der Waals surface area contributed by atoms with Crippen molar-refractivity contribution >= 4 is 17.2 Å². The highest BCUT2D eigenvalue weighted by atomic mass is 32.1. The van der Waals surface area contributed by atoms with Crippen molar-refractivity contribution in [3.63, 3.8) is 0 Å². The third-order valence-electron chi connectivity index (χ3n) is 4.04. The van der Waals surface area contributed by atoms with Crippen LogP contribution in [0, 0.1) is 11.8 Å². The molecule has 0 radical (unpaired) electrons. The second-order valence-corrected chi connectivity index (χ2v) is 6.32. The quantitative estimate of drug-likeness (QED) is 0.801. The van der Waals surface area contributed by atoms with Crippen LogP contribution in [0.15, 0.2) is 12.1 Å². The summed E-state index contributed by atoms with van der Waals surface area (Å²) in [6, 6.07) is 4.47.